The summed E-state index contributed by atoms with van der Waals surface area (Å²) >= 11 is 0. The largest absolute Gasteiger partial charge is 0.444 e. The molecule has 0 saturated carbocycles. The third kappa shape index (κ3) is 4.59. The molecular weight excluding hydrogens is 322 g/mol. The molecule has 2 aromatic rings. The number of aromatic nitrogens is 3. The minimum absolute atomic E-state index is 0.164. The summed E-state index contributed by atoms with van der Waals surface area (Å²) in [7, 11) is 3.48. The predicted octanol–water partition coefficient (Wildman–Crippen LogP) is 2.74. The molecule has 0 unspecified atom stereocenters. The van der Waals surface area contributed by atoms with Crippen molar-refractivity contribution in [2.24, 2.45) is 7.05 Å². The predicted molar refractivity (Wildman–Crippen MR) is 90.6 cm³/mol. The number of aryl methyl sites for hydroxylation is 1. The van der Waals surface area contributed by atoms with Crippen molar-refractivity contribution in [1.82, 2.24) is 19.6 Å². The number of rotatable bonds is 4. The SMILES string of the molecule is C[C@H](Cc1noc(-c2cc(C#N)cn2C)n1)N(C)C(=O)OC(C)(C)C. The van der Waals surface area contributed by atoms with Crippen LogP contribution in [0.5, 0.6) is 0 Å². The highest BCUT2D eigenvalue weighted by Crippen LogP contribution is 2.20. The molecule has 0 N–H and O–H groups in total. The van der Waals surface area contributed by atoms with Crippen molar-refractivity contribution in [1.29, 1.82) is 5.26 Å². The molecule has 8 heteroatoms. The Labute approximate surface area is 147 Å². The van der Waals surface area contributed by atoms with Crippen LogP contribution < -0.4 is 0 Å². The molecule has 0 saturated heterocycles. The third-order valence-electron chi connectivity index (χ3n) is 3.64. The van der Waals surface area contributed by atoms with Gasteiger partial charge in [-0.1, -0.05) is 5.16 Å². The lowest BCUT2D eigenvalue weighted by Gasteiger charge is -2.28. The molecule has 1 atom stereocenters. The number of carbonyl (C=O) groups excluding carboxylic acids is 1. The first-order valence-corrected chi connectivity index (χ1v) is 7.96. The number of hydrogen-bond acceptors (Lipinski definition) is 6. The van der Waals surface area contributed by atoms with E-state index in [1.807, 2.05) is 27.7 Å². The summed E-state index contributed by atoms with van der Waals surface area (Å²) in [6.45, 7) is 7.36. The second-order valence-electron chi connectivity index (χ2n) is 7.00. The van der Waals surface area contributed by atoms with Crippen LogP contribution in [0.15, 0.2) is 16.8 Å². The van der Waals surface area contributed by atoms with Gasteiger partial charge in [-0.3, -0.25) is 0 Å². The fourth-order valence-corrected chi connectivity index (χ4v) is 2.19. The molecule has 0 aliphatic heterocycles. The molecule has 0 aliphatic rings. The molecule has 2 aromatic heterocycles. The van der Waals surface area contributed by atoms with Crippen molar-refractivity contribution < 1.29 is 14.1 Å². The van der Waals surface area contributed by atoms with Gasteiger partial charge < -0.3 is 18.7 Å². The van der Waals surface area contributed by atoms with Gasteiger partial charge in [0.05, 0.1) is 5.56 Å². The lowest BCUT2D eigenvalue weighted by atomic mass is 10.2. The fourth-order valence-electron chi connectivity index (χ4n) is 2.19. The van der Waals surface area contributed by atoms with Gasteiger partial charge >= 0.3 is 6.09 Å². The number of nitriles is 1. The van der Waals surface area contributed by atoms with Gasteiger partial charge in [-0.2, -0.15) is 10.2 Å². The van der Waals surface area contributed by atoms with Crippen LogP contribution >= 0.6 is 0 Å². The highest BCUT2D eigenvalue weighted by Gasteiger charge is 2.24. The number of nitrogens with zero attached hydrogens (tertiary/aromatic N) is 5. The van der Waals surface area contributed by atoms with E-state index in [-0.39, 0.29) is 6.04 Å². The maximum atomic E-state index is 12.1. The number of ether oxygens (including phenoxy) is 1. The van der Waals surface area contributed by atoms with Crippen molar-refractivity contribution in [3.63, 3.8) is 0 Å². The molecule has 0 bridgehead atoms. The van der Waals surface area contributed by atoms with Crippen LogP contribution in [0.4, 0.5) is 4.79 Å². The Hall–Kier alpha value is -2.82. The van der Waals surface area contributed by atoms with E-state index in [1.165, 1.54) is 4.90 Å². The maximum absolute atomic E-state index is 12.1. The van der Waals surface area contributed by atoms with Gasteiger partial charge in [0.1, 0.15) is 17.4 Å². The molecule has 0 radical (unpaired) electrons. The summed E-state index contributed by atoms with van der Waals surface area (Å²) in [5.41, 5.74) is 0.647. The summed E-state index contributed by atoms with van der Waals surface area (Å²) in [6.07, 6.45) is 1.72. The molecule has 8 nitrogen and oxygen atoms in total. The first-order chi connectivity index (χ1) is 11.6. The van der Waals surface area contributed by atoms with E-state index in [0.29, 0.717) is 29.4 Å². The molecule has 0 fully saturated rings. The molecule has 134 valence electrons. The van der Waals surface area contributed by atoms with Crippen molar-refractivity contribution in [3.8, 4) is 17.7 Å². The van der Waals surface area contributed by atoms with Gasteiger partial charge in [-0.15, -0.1) is 0 Å². The van der Waals surface area contributed by atoms with Crippen LogP contribution in [0.3, 0.4) is 0 Å². The molecule has 0 spiro atoms. The van der Waals surface area contributed by atoms with Gasteiger partial charge in [0.2, 0.25) is 0 Å². The summed E-state index contributed by atoms with van der Waals surface area (Å²) in [5.74, 6) is 0.823. The zero-order valence-corrected chi connectivity index (χ0v) is 15.4. The number of amides is 1. The van der Waals surface area contributed by atoms with Crippen LogP contribution in [0, 0.1) is 11.3 Å². The maximum Gasteiger partial charge on any atom is 0.410 e. The molecule has 25 heavy (non-hydrogen) atoms. The van der Waals surface area contributed by atoms with Crippen molar-refractivity contribution >= 4 is 6.09 Å². The average Bonchev–Trinajstić information content (AvgIpc) is 3.10. The average molecular weight is 345 g/mol. The van der Waals surface area contributed by atoms with Gasteiger partial charge in [0.25, 0.3) is 5.89 Å². The van der Waals surface area contributed by atoms with E-state index in [4.69, 9.17) is 14.5 Å². The minimum Gasteiger partial charge on any atom is -0.444 e. The Kier molecular flexibility index (Phi) is 5.16. The van der Waals surface area contributed by atoms with E-state index in [2.05, 4.69) is 16.2 Å². The lowest BCUT2D eigenvalue weighted by Crippen LogP contribution is -2.40. The number of hydrogen-bond donors (Lipinski definition) is 0. The molecule has 0 aliphatic carbocycles. The van der Waals surface area contributed by atoms with Crippen LogP contribution in [-0.2, 0) is 18.2 Å². The van der Waals surface area contributed by atoms with E-state index < -0.39 is 11.7 Å². The van der Waals surface area contributed by atoms with Crippen LogP contribution in [0.1, 0.15) is 39.1 Å². The highest BCUT2D eigenvalue weighted by molar-refractivity contribution is 5.68. The van der Waals surface area contributed by atoms with Crippen LogP contribution in [0.25, 0.3) is 11.6 Å². The highest BCUT2D eigenvalue weighted by atomic mass is 16.6. The van der Waals surface area contributed by atoms with Gasteiger partial charge in [0.15, 0.2) is 5.82 Å². The van der Waals surface area contributed by atoms with E-state index in [0.717, 1.165) is 0 Å². The van der Waals surface area contributed by atoms with Crippen LogP contribution in [-0.4, -0.2) is 44.4 Å². The second kappa shape index (κ2) is 6.97. The molecular formula is C17H23N5O3. The Balaban J connectivity index is 2.06. The van der Waals surface area contributed by atoms with E-state index in [1.54, 1.807) is 30.9 Å². The standard InChI is InChI=1S/C17H23N5O3/c1-11(22(6)16(23)24-17(2,3)4)7-14-19-15(25-20-14)13-8-12(9-18)10-21(13)5/h8,10-11H,7H2,1-6H3/t11-/m1/s1. The topological polar surface area (TPSA) is 97.2 Å². The Morgan fingerprint density at radius 2 is 2.20 bits per heavy atom. The summed E-state index contributed by atoms with van der Waals surface area (Å²) < 4.78 is 12.4. The minimum atomic E-state index is -0.546. The quantitative estimate of drug-likeness (QED) is 0.845. The summed E-state index contributed by atoms with van der Waals surface area (Å²) in [6, 6.07) is 3.60. The van der Waals surface area contributed by atoms with E-state index >= 15 is 0 Å². The molecule has 0 aromatic carbocycles. The van der Waals surface area contributed by atoms with Crippen molar-refractivity contribution in [3.05, 3.63) is 23.7 Å². The monoisotopic (exact) mass is 345 g/mol. The Morgan fingerprint density at radius 3 is 2.76 bits per heavy atom. The number of likely N-dealkylation sites (N-methyl/N-ethyl adjacent to an activating group) is 1. The Bertz CT molecular complexity index is 794. The van der Waals surface area contributed by atoms with Gasteiger partial charge in [-0.25, -0.2) is 4.79 Å². The van der Waals surface area contributed by atoms with Crippen molar-refractivity contribution in [2.75, 3.05) is 7.05 Å². The summed E-state index contributed by atoms with van der Waals surface area (Å²) in [5, 5.41) is 12.9. The smallest absolute Gasteiger partial charge is 0.410 e. The van der Waals surface area contributed by atoms with Gasteiger partial charge in [0, 0.05) is 32.8 Å². The Morgan fingerprint density at radius 1 is 1.52 bits per heavy atom. The molecule has 2 rings (SSSR count). The number of carbonyl (C=O) groups is 1. The fraction of sp³-hybridized carbons (Fsp3) is 0.529. The third-order valence-corrected chi connectivity index (χ3v) is 3.64. The lowest BCUT2D eigenvalue weighted by molar-refractivity contribution is 0.0234. The molecule has 2 heterocycles. The van der Waals surface area contributed by atoms with Gasteiger partial charge in [-0.05, 0) is 33.8 Å². The molecule has 1 amide bonds. The normalized spacial score (nSPS) is 12.5. The summed E-state index contributed by atoms with van der Waals surface area (Å²) in [4.78, 5) is 18.0. The van der Waals surface area contributed by atoms with Crippen molar-refractivity contribution in [2.45, 2.75) is 45.8 Å². The zero-order valence-electron chi connectivity index (χ0n) is 15.4. The first-order valence-electron chi connectivity index (χ1n) is 7.96. The van der Waals surface area contributed by atoms with E-state index in [9.17, 15) is 4.79 Å². The second-order valence-corrected chi connectivity index (χ2v) is 7.00. The zero-order chi connectivity index (χ0) is 18.8. The first kappa shape index (κ1) is 18.5. The van der Waals surface area contributed by atoms with Crippen LogP contribution in [0.2, 0.25) is 0 Å².